The maximum absolute atomic E-state index is 12.3. The summed E-state index contributed by atoms with van der Waals surface area (Å²) in [4.78, 5) is 24.4. The Kier molecular flexibility index (Phi) is 6.59. The van der Waals surface area contributed by atoms with Crippen molar-refractivity contribution in [3.63, 3.8) is 0 Å². The van der Waals surface area contributed by atoms with Crippen molar-refractivity contribution in [2.45, 2.75) is 59.6 Å². The van der Waals surface area contributed by atoms with Crippen LogP contribution in [0.1, 0.15) is 47.5 Å². The number of aliphatic hydroxyl groups excluding tert-OH is 1. The molecule has 4 nitrogen and oxygen atoms in total. The molecule has 2 N–H and O–H groups in total. The van der Waals surface area contributed by atoms with Crippen molar-refractivity contribution in [3.05, 3.63) is 12.2 Å². The third-order valence-electron chi connectivity index (χ3n) is 4.69. The van der Waals surface area contributed by atoms with E-state index in [4.69, 9.17) is 0 Å². The van der Waals surface area contributed by atoms with Crippen LogP contribution in [-0.4, -0.2) is 28.9 Å². The van der Waals surface area contributed by atoms with E-state index in [1.165, 1.54) is 0 Å². The van der Waals surface area contributed by atoms with Gasteiger partial charge in [0, 0.05) is 12.0 Å². The summed E-state index contributed by atoms with van der Waals surface area (Å²) >= 11 is 0. The first-order valence-electron chi connectivity index (χ1n) is 7.98. The largest absolute Gasteiger partial charge is 0.392 e. The fourth-order valence-corrected chi connectivity index (χ4v) is 2.93. The van der Waals surface area contributed by atoms with E-state index in [2.05, 4.69) is 5.32 Å². The van der Waals surface area contributed by atoms with Gasteiger partial charge in [0.25, 0.3) is 0 Å². The second-order valence-electron chi connectivity index (χ2n) is 6.54. The molecule has 0 aromatic heterocycles. The van der Waals surface area contributed by atoms with E-state index in [0.29, 0.717) is 6.42 Å². The molecule has 0 radical (unpaired) electrons. The molecule has 0 saturated carbocycles. The van der Waals surface area contributed by atoms with Gasteiger partial charge < -0.3 is 10.4 Å². The highest BCUT2D eigenvalue weighted by Crippen LogP contribution is 2.23. The normalized spacial score (nSPS) is 40.9. The van der Waals surface area contributed by atoms with Gasteiger partial charge in [-0.3, -0.25) is 9.59 Å². The monoisotopic (exact) mass is 295 g/mol. The number of hydrogen-bond acceptors (Lipinski definition) is 3. The standard InChI is InChI=1S/C17H29NO3/c1-6-14-10(2)7-8-15(19)11(3)9-12(4)16(20)13(5)17(21)18-14/h7-8,10-14,16,20H,6,9H2,1-5H3,(H,18,21)/b8-7-/t10-,11-,12+,13-,14-,16+/m1/s1. The third kappa shape index (κ3) is 4.67. The predicted molar refractivity (Wildman–Crippen MR) is 83.6 cm³/mol. The van der Waals surface area contributed by atoms with Crippen LogP contribution < -0.4 is 5.32 Å². The average Bonchev–Trinajstić information content (AvgIpc) is 2.46. The van der Waals surface area contributed by atoms with E-state index in [1.807, 2.05) is 33.8 Å². The van der Waals surface area contributed by atoms with Crippen LogP contribution in [0.25, 0.3) is 0 Å². The molecule has 1 aliphatic heterocycles. The van der Waals surface area contributed by atoms with E-state index in [9.17, 15) is 14.7 Å². The first kappa shape index (κ1) is 17.9. The molecule has 0 aliphatic carbocycles. The lowest BCUT2D eigenvalue weighted by Crippen LogP contribution is -2.45. The molecule has 0 saturated heterocycles. The van der Waals surface area contributed by atoms with Crippen molar-refractivity contribution in [1.29, 1.82) is 0 Å². The number of amides is 1. The van der Waals surface area contributed by atoms with E-state index < -0.39 is 12.0 Å². The number of allylic oxidation sites excluding steroid dienone is 1. The Morgan fingerprint density at radius 1 is 1.24 bits per heavy atom. The van der Waals surface area contributed by atoms with Crippen molar-refractivity contribution in [3.8, 4) is 0 Å². The average molecular weight is 295 g/mol. The van der Waals surface area contributed by atoms with E-state index in [0.717, 1.165) is 6.42 Å². The van der Waals surface area contributed by atoms with Crippen molar-refractivity contribution in [2.75, 3.05) is 0 Å². The van der Waals surface area contributed by atoms with Crippen molar-refractivity contribution in [2.24, 2.45) is 23.7 Å². The number of carbonyl (C=O) groups excluding carboxylic acids is 2. The van der Waals surface area contributed by atoms with Gasteiger partial charge in [-0.05, 0) is 30.8 Å². The molecule has 1 amide bonds. The van der Waals surface area contributed by atoms with Crippen LogP contribution in [0.5, 0.6) is 0 Å². The lowest BCUT2D eigenvalue weighted by molar-refractivity contribution is -0.130. The lowest BCUT2D eigenvalue weighted by Gasteiger charge is -2.29. The third-order valence-corrected chi connectivity index (χ3v) is 4.69. The Morgan fingerprint density at radius 2 is 1.86 bits per heavy atom. The second-order valence-corrected chi connectivity index (χ2v) is 6.54. The number of aliphatic hydroxyl groups is 1. The summed E-state index contributed by atoms with van der Waals surface area (Å²) in [7, 11) is 0. The Morgan fingerprint density at radius 3 is 2.43 bits per heavy atom. The molecule has 0 aromatic rings. The zero-order valence-electron chi connectivity index (χ0n) is 13.8. The summed E-state index contributed by atoms with van der Waals surface area (Å²) in [5.74, 6) is -0.609. The van der Waals surface area contributed by atoms with Crippen LogP contribution in [0.4, 0.5) is 0 Å². The van der Waals surface area contributed by atoms with Gasteiger partial charge in [-0.1, -0.05) is 40.7 Å². The zero-order chi connectivity index (χ0) is 16.2. The first-order valence-corrected chi connectivity index (χ1v) is 7.98. The predicted octanol–water partition coefficient (Wildman–Crippen LogP) is 2.32. The summed E-state index contributed by atoms with van der Waals surface area (Å²) in [5.41, 5.74) is 0. The number of hydrogen-bond donors (Lipinski definition) is 2. The highest BCUT2D eigenvalue weighted by molar-refractivity contribution is 5.91. The number of ketones is 1. The molecular weight excluding hydrogens is 266 g/mol. The number of rotatable bonds is 1. The number of nitrogens with one attached hydrogen (secondary N) is 1. The van der Waals surface area contributed by atoms with Gasteiger partial charge in [-0.2, -0.15) is 0 Å². The molecule has 1 aliphatic rings. The maximum atomic E-state index is 12.3. The van der Waals surface area contributed by atoms with E-state index in [-0.39, 0.29) is 35.5 Å². The summed E-state index contributed by atoms with van der Waals surface area (Å²) < 4.78 is 0. The number of carbonyl (C=O) groups is 2. The van der Waals surface area contributed by atoms with Gasteiger partial charge in [0.05, 0.1) is 12.0 Å². The van der Waals surface area contributed by atoms with E-state index in [1.54, 1.807) is 13.0 Å². The minimum atomic E-state index is -0.725. The Bertz CT molecular complexity index is 405. The molecule has 120 valence electrons. The maximum Gasteiger partial charge on any atom is 0.225 e. The van der Waals surface area contributed by atoms with Crippen LogP contribution in [0.2, 0.25) is 0 Å². The van der Waals surface area contributed by atoms with Crippen LogP contribution in [-0.2, 0) is 9.59 Å². The molecule has 0 fully saturated rings. The molecule has 1 rings (SSSR count). The Balaban J connectivity index is 3.04. The summed E-state index contributed by atoms with van der Waals surface area (Å²) in [5, 5.41) is 13.3. The van der Waals surface area contributed by atoms with Crippen LogP contribution in [0.15, 0.2) is 12.2 Å². The molecule has 21 heavy (non-hydrogen) atoms. The zero-order valence-corrected chi connectivity index (χ0v) is 13.8. The fourth-order valence-electron chi connectivity index (χ4n) is 2.93. The van der Waals surface area contributed by atoms with Crippen molar-refractivity contribution >= 4 is 11.7 Å². The molecule has 0 aromatic carbocycles. The van der Waals surface area contributed by atoms with Crippen LogP contribution in [0.3, 0.4) is 0 Å². The molecule has 4 heteroatoms. The first-order chi connectivity index (χ1) is 9.77. The quantitative estimate of drug-likeness (QED) is 0.780. The lowest BCUT2D eigenvalue weighted by atomic mass is 9.84. The topological polar surface area (TPSA) is 66.4 Å². The van der Waals surface area contributed by atoms with Gasteiger partial charge in [0.15, 0.2) is 5.78 Å². The second kappa shape index (κ2) is 7.74. The van der Waals surface area contributed by atoms with Gasteiger partial charge >= 0.3 is 0 Å². The molecule has 0 unspecified atom stereocenters. The van der Waals surface area contributed by atoms with Gasteiger partial charge in [-0.25, -0.2) is 0 Å². The molecule has 1 heterocycles. The summed E-state index contributed by atoms with van der Waals surface area (Å²) in [6, 6.07) is -0.0127. The smallest absolute Gasteiger partial charge is 0.225 e. The Hall–Kier alpha value is -1.16. The highest BCUT2D eigenvalue weighted by Gasteiger charge is 2.30. The van der Waals surface area contributed by atoms with Crippen LogP contribution in [0, 0.1) is 23.7 Å². The van der Waals surface area contributed by atoms with Crippen LogP contribution >= 0.6 is 0 Å². The SMILES string of the molecule is CC[C@H]1NC(=O)[C@H](C)[C@@H](O)[C@@H](C)C[C@@H](C)C(=O)/C=C\[C@H]1C. The molecular formula is C17H29NO3. The summed E-state index contributed by atoms with van der Waals surface area (Å²) in [6.07, 6.45) is 4.18. The molecule has 0 bridgehead atoms. The minimum Gasteiger partial charge on any atom is -0.392 e. The highest BCUT2D eigenvalue weighted by atomic mass is 16.3. The fraction of sp³-hybridized carbons (Fsp3) is 0.765. The molecule has 6 atom stereocenters. The van der Waals surface area contributed by atoms with Gasteiger partial charge in [-0.15, -0.1) is 0 Å². The Labute approximate surface area is 128 Å². The van der Waals surface area contributed by atoms with Crippen molar-refractivity contribution < 1.29 is 14.7 Å². The molecule has 0 spiro atoms. The van der Waals surface area contributed by atoms with Crippen molar-refractivity contribution in [1.82, 2.24) is 5.32 Å². The van der Waals surface area contributed by atoms with Gasteiger partial charge in [0.2, 0.25) is 5.91 Å². The van der Waals surface area contributed by atoms with Gasteiger partial charge in [0.1, 0.15) is 0 Å². The summed E-state index contributed by atoms with van der Waals surface area (Å²) in [6.45, 7) is 9.54. The van der Waals surface area contributed by atoms with E-state index >= 15 is 0 Å². The minimum absolute atomic E-state index is 0.0127.